The van der Waals surface area contributed by atoms with Crippen LogP contribution >= 0.6 is 0 Å². The number of hydrogen-bond donors (Lipinski definition) is 2. The Morgan fingerprint density at radius 2 is 1.94 bits per heavy atom. The number of likely N-dealkylation sites (tertiary alicyclic amines) is 1. The highest BCUT2D eigenvalue weighted by Gasteiger charge is 2.17. The molecule has 0 aromatic carbocycles. The summed E-state index contributed by atoms with van der Waals surface area (Å²) in [5.74, 6) is 0.133. The van der Waals surface area contributed by atoms with Crippen LogP contribution in [-0.2, 0) is 10.0 Å². The first-order valence-electron chi connectivity index (χ1n) is 6.46. The van der Waals surface area contributed by atoms with Crippen molar-refractivity contribution in [3.63, 3.8) is 0 Å². The fourth-order valence-corrected chi connectivity index (χ4v) is 3.56. The van der Waals surface area contributed by atoms with E-state index in [0.717, 1.165) is 19.6 Å². The van der Waals surface area contributed by atoms with Crippen LogP contribution in [0.4, 0.5) is 0 Å². The summed E-state index contributed by atoms with van der Waals surface area (Å²) < 4.78 is 26.0. The second-order valence-electron chi connectivity index (χ2n) is 4.84. The normalized spacial score (nSPS) is 20.4. The third kappa shape index (κ3) is 6.35. The molecule has 6 heteroatoms. The van der Waals surface area contributed by atoms with E-state index in [2.05, 4.69) is 9.62 Å². The standard InChI is InChI=1S/C11H25N3O2S/c1-11(10-14-7-3-2-4-8-14)13-17(15,16)9-5-6-12/h11,13H,2-10,12H2,1H3. The third-order valence-corrected chi connectivity index (χ3v) is 4.57. The van der Waals surface area contributed by atoms with Gasteiger partial charge >= 0.3 is 0 Å². The minimum absolute atomic E-state index is 0.0177. The van der Waals surface area contributed by atoms with Crippen LogP contribution in [0.5, 0.6) is 0 Å². The largest absolute Gasteiger partial charge is 0.330 e. The van der Waals surface area contributed by atoms with E-state index in [1.807, 2.05) is 6.92 Å². The molecule has 0 aliphatic carbocycles. The zero-order chi connectivity index (χ0) is 12.7. The van der Waals surface area contributed by atoms with Gasteiger partial charge in [-0.05, 0) is 45.8 Å². The predicted octanol–water partition coefficient (Wildman–Crippen LogP) is 0.129. The maximum absolute atomic E-state index is 11.7. The number of rotatable bonds is 7. The van der Waals surface area contributed by atoms with Crippen molar-refractivity contribution in [2.45, 2.75) is 38.6 Å². The molecule has 0 aromatic rings. The van der Waals surface area contributed by atoms with Crippen molar-refractivity contribution in [3.8, 4) is 0 Å². The third-order valence-electron chi connectivity index (χ3n) is 2.98. The van der Waals surface area contributed by atoms with E-state index in [1.165, 1.54) is 19.3 Å². The Kier molecular flexibility index (Phi) is 6.40. The molecule has 1 saturated heterocycles. The van der Waals surface area contributed by atoms with Gasteiger partial charge in [0.25, 0.3) is 0 Å². The van der Waals surface area contributed by atoms with Crippen LogP contribution < -0.4 is 10.5 Å². The molecule has 17 heavy (non-hydrogen) atoms. The van der Waals surface area contributed by atoms with Crippen LogP contribution in [0, 0.1) is 0 Å². The number of sulfonamides is 1. The first-order chi connectivity index (χ1) is 8.03. The van der Waals surface area contributed by atoms with Gasteiger partial charge in [0.15, 0.2) is 0 Å². The Balaban J connectivity index is 2.29. The van der Waals surface area contributed by atoms with Crippen LogP contribution in [0.1, 0.15) is 32.6 Å². The number of nitrogens with two attached hydrogens (primary N) is 1. The lowest BCUT2D eigenvalue weighted by atomic mass is 10.1. The van der Waals surface area contributed by atoms with Crippen molar-refractivity contribution >= 4 is 10.0 Å². The Morgan fingerprint density at radius 3 is 2.53 bits per heavy atom. The fraction of sp³-hybridized carbons (Fsp3) is 1.00. The van der Waals surface area contributed by atoms with E-state index in [-0.39, 0.29) is 11.8 Å². The van der Waals surface area contributed by atoms with Crippen LogP contribution in [0.15, 0.2) is 0 Å². The van der Waals surface area contributed by atoms with E-state index in [4.69, 9.17) is 5.73 Å². The van der Waals surface area contributed by atoms with Gasteiger partial charge in [-0.1, -0.05) is 6.42 Å². The van der Waals surface area contributed by atoms with Crippen LogP contribution in [0.2, 0.25) is 0 Å². The van der Waals surface area contributed by atoms with E-state index in [0.29, 0.717) is 13.0 Å². The molecule has 0 bridgehead atoms. The molecule has 1 atom stereocenters. The van der Waals surface area contributed by atoms with Crippen LogP contribution in [-0.4, -0.2) is 51.3 Å². The fourth-order valence-electron chi connectivity index (χ4n) is 2.21. The lowest BCUT2D eigenvalue weighted by Crippen LogP contribution is -2.44. The topological polar surface area (TPSA) is 75.4 Å². The Bertz CT molecular complexity index is 300. The number of piperidine rings is 1. The summed E-state index contributed by atoms with van der Waals surface area (Å²) in [4.78, 5) is 2.33. The molecule has 0 saturated carbocycles. The molecule has 1 heterocycles. The van der Waals surface area contributed by atoms with Crippen molar-refractivity contribution in [1.82, 2.24) is 9.62 Å². The summed E-state index contributed by atoms with van der Waals surface area (Å²) >= 11 is 0. The van der Waals surface area contributed by atoms with Gasteiger partial charge in [-0.3, -0.25) is 0 Å². The monoisotopic (exact) mass is 263 g/mol. The SMILES string of the molecule is CC(CN1CCCCC1)NS(=O)(=O)CCCN. The molecule has 0 radical (unpaired) electrons. The molecule has 1 aliphatic rings. The van der Waals surface area contributed by atoms with Gasteiger partial charge in [0.2, 0.25) is 10.0 Å². The average molecular weight is 263 g/mol. The lowest BCUT2D eigenvalue weighted by Gasteiger charge is -2.29. The average Bonchev–Trinajstić information content (AvgIpc) is 2.27. The summed E-state index contributed by atoms with van der Waals surface area (Å²) in [5, 5.41) is 0. The van der Waals surface area contributed by atoms with Crippen LogP contribution in [0.25, 0.3) is 0 Å². The van der Waals surface area contributed by atoms with Gasteiger partial charge in [-0.25, -0.2) is 13.1 Å². The molecular weight excluding hydrogens is 238 g/mol. The molecule has 1 aliphatic heterocycles. The Hall–Kier alpha value is -0.170. The van der Waals surface area contributed by atoms with Crippen molar-refractivity contribution in [2.75, 3.05) is 31.9 Å². The Morgan fingerprint density at radius 1 is 1.29 bits per heavy atom. The minimum atomic E-state index is -3.15. The maximum atomic E-state index is 11.7. The molecule has 5 nitrogen and oxygen atoms in total. The summed E-state index contributed by atoms with van der Waals surface area (Å²) in [6.45, 7) is 5.33. The van der Waals surface area contributed by atoms with Gasteiger partial charge in [0.1, 0.15) is 0 Å². The van der Waals surface area contributed by atoms with E-state index < -0.39 is 10.0 Å². The maximum Gasteiger partial charge on any atom is 0.211 e. The first kappa shape index (κ1) is 14.9. The molecular formula is C11H25N3O2S. The highest BCUT2D eigenvalue weighted by molar-refractivity contribution is 7.89. The zero-order valence-corrected chi connectivity index (χ0v) is 11.5. The second kappa shape index (κ2) is 7.31. The Labute approximate surface area is 105 Å². The molecule has 1 unspecified atom stereocenters. The smallest absolute Gasteiger partial charge is 0.211 e. The molecule has 3 N–H and O–H groups in total. The number of nitrogens with zero attached hydrogens (tertiary/aromatic N) is 1. The number of hydrogen-bond acceptors (Lipinski definition) is 4. The summed E-state index contributed by atoms with van der Waals surface area (Å²) in [6.07, 6.45) is 4.28. The molecule has 0 aromatic heterocycles. The predicted molar refractivity (Wildman–Crippen MR) is 70.3 cm³/mol. The number of nitrogens with one attached hydrogen (secondary N) is 1. The van der Waals surface area contributed by atoms with Gasteiger partial charge in [-0.15, -0.1) is 0 Å². The van der Waals surface area contributed by atoms with Gasteiger partial charge in [-0.2, -0.15) is 0 Å². The minimum Gasteiger partial charge on any atom is -0.330 e. The van der Waals surface area contributed by atoms with Crippen molar-refractivity contribution in [1.29, 1.82) is 0 Å². The van der Waals surface area contributed by atoms with E-state index in [1.54, 1.807) is 0 Å². The highest BCUT2D eigenvalue weighted by Crippen LogP contribution is 2.09. The molecule has 0 spiro atoms. The van der Waals surface area contributed by atoms with Gasteiger partial charge < -0.3 is 10.6 Å². The lowest BCUT2D eigenvalue weighted by molar-refractivity contribution is 0.215. The van der Waals surface area contributed by atoms with Crippen LogP contribution in [0.3, 0.4) is 0 Å². The first-order valence-corrected chi connectivity index (χ1v) is 8.11. The summed E-state index contributed by atoms with van der Waals surface area (Å²) in [5.41, 5.74) is 5.32. The molecule has 0 amide bonds. The van der Waals surface area contributed by atoms with E-state index in [9.17, 15) is 8.42 Å². The summed E-state index contributed by atoms with van der Waals surface area (Å²) in [6, 6.07) is -0.0177. The van der Waals surface area contributed by atoms with Crippen molar-refractivity contribution in [2.24, 2.45) is 5.73 Å². The van der Waals surface area contributed by atoms with Crippen molar-refractivity contribution in [3.05, 3.63) is 0 Å². The molecule has 1 rings (SSSR count). The zero-order valence-electron chi connectivity index (χ0n) is 10.7. The van der Waals surface area contributed by atoms with E-state index >= 15 is 0 Å². The van der Waals surface area contributed by atoms with Gasteiger partial charge in [0.05, 0.1) is 5.75 Å². The molecule has 102 valence electrons. The van der Waals surface area contributed by atoms with Gasteiger partial charge in [0, 0.05) is 12.6 Å². The second-order valence-corrected chi connectivity index (χ2v) is 6.71. The van der Waals surface area contributed by atoms with Crippen molar-refractivity contribution < 1.29 is 8.42 Å². The summed E-state index contributed by atoms with van der Waals surface area (Å²) in [7, 11) is -3.15. The molecule has 1 fully saturated rings. The quantitative estimate of drug-likeness (QED) is 0.684. The highest BCUT2D eigenvalue weighted by atomic mass is 32.2.